The Hall–Kier alpha value is -17.5. The van der Waals surface area contributed by atoms with Crippen LogP contribution < -0.4 is 50.2 Å². The maximum absolute atomic E-state index is 13.5. The van der Waals surface area contributed by atoms with Crippen molar-refractivity contribution in [2.45, 2.75) is 96.2 Å². The topological polar surface area (TPSA) is 461 Å². The van der Waals surface area contributed by atoms with Crippen LogP contribution in [0.3, 0.4) is 0 Å². The minimum Gasteiger partial charge on any atom is -0.507 e. The van der Waals surface area contributed by atoms with E-state index < -0.39 is 67.7 Å². The standard InChI is InChI=1S/C22H21N3O3S.2C21H19N3O3S.C20H16FN3O3S.C20H17N3O4S.6CH4/c1-2-17-6-5-7-18(16-17)9-14-22(26)24-19-10-12-20(13-11-19)29(27,28)25-21-8-3-4-15-23-21;1-16-5-4-6-17(15-16)8-13-21(25)23-18-9-11-19(12-10-18)28(26,27)24-20-7-2-3-14-22-20;1-16-5-7-17(8-6-16)9-14-21(25)23-18-10-12-19(13-11-18)28(26,27)24-20-4-2-3-15-22-20;21-18-6-2-1-5-15(18)8-13-20(25)23-16-9-11-17(12-10-16)28(26,27)24-19-7-3-4-14-22-19;24-18-6-2-1-5-15(18)8-13-20(25)22-16-9-11-17(12-10-16)28(26,27)23-19-7-3-4-14-21-19;;;;;;/h3-16H,2H2,1H3,(H,23,25)(H,24,26);2*2-15H,1H3,(H,22,24)(H,23,25);1-14H,(H,22,24)(H,23,25);1-14,24H,(H,21,23)(H,22,25);6*1H4/b14-9+;13-8+;14-9+;2*13-8+;;;;;;. The lowest BCUT2D eigenvalue weighted by atomic mass is 10.1. The molecule has 5 heterocycles. The van der Waals surface area contributed by atoms with E-state index in [0.717, 1.165) is 34.2 Å². The number of hydrogen-bond acceptors (Lipinski definition) is 21. The molecule has 0 unspecified atom stereocenters. The van der Waals surface area contributed by atoms with Gasteiger partial charge in [0.2, 0.25) is 29.5 Å². The first-order valence-corrected chi connectivity index (χ1v) is 50.0. The summed E-state index contributed by atoms with van der Waals surface area (Å²) in [6, 6.07) is 90.0. The number of nitrogens with zero attached hydrogens (tertiary/aromatic N) is 5. The number of aryl methyl sites for hydroxylation is 3. The third-order valence-corrected chi connectivity index (χ3v) is 26.0. The lowest BCUT2D eigenvalue weighted by molar-refractivity contribution is -0.112. The number of rotatable bonds is 31. The van der Waals surface area contributed by atoms with Crippen molar-refractivity contribution in [3.63, 3.8) is 0 Å². The summed E-state index contributed by atoms with van der Waals surface area (Å²) in [4.78, 5) is 80.2. The first-order valence-electron chi connectivity index (χ1n) is 42.6. The van der Waals surface area contributed by atoms with Crippen LogP contribution in [0.25, 0.3) is 30.4 Å². The monoisotopic (exact) mass is 2080 g/mol. The van der Waals surface area contributed by atoms with Gasteiger partial charge in [0.25, 0.3) is 50.1 Å². The molecule has 0 aliphatic rings. The third kappa shape index (κ3) is 40.1. The van der Waals surface area contributed by atoms with Gasteiger partial charge in [-0.25, -0.2) is 71.4 Å². The summed E-state index contributed by atoms with van der Waals surface area (Å²) < 4.78 is 149. The minimum absolute atomic E-state index is 0. The summed E-state index contributed by atoms with van der Waals surface area (Å²) in [5, 5.41) is 23.0. The van der Waals surface area contributed by atoms with E-state index >= 15 is 0 Å². The molecule has 11 N–H and O–H groups in total. The summed E-state index contributed by atoms with van der Waals surface area (Å²) in [5.74, 6) is -1.00. The number of aromatic hydroxyl groups is 1. The SMILES string of the molecule is C.C.C.C.C.C.CCc1cccc(/C=C/C(=O)Nc2ccc(S(=O)(=O)Nc3ccccn3)cc2)c1.Cc1ccc(/C=C/C(=O)Nc2ccc(S(=O)(=O)Nc3ccccn3)cc2)cc1.Cc1cccc(/C=C/C(=O)Nc2ccc(S(=O)(=O)Nc3ccccn3)cc2)c1.O=C(/C=C/c1ccccc1F)Nc1ccc(S(=O)(=O)Nc2ccccn2)cc1.O=C(/C=C/c1ccccc1O)Nc1ccc(S(=O)(=O)Nc2ccccn2)cc1. The van der Waals surface area contributed by atoms with Crippen molar-refractivity contribution >= 4 is 168 Å². The Bertz CT molecular complexity index is 7400. The van der Waals surface area contributed by atoms with E-state index in [1.807, 2.05) is 86.6 Å². The molecule has 0 fully saturated rings. The molecule has 764 valence electrons. The predicted octanol–water partition coefficient (Wildman–Crippen LogP) is 22.5. The van der Waals surface area contributed by atoms with Crippen LogP contribution in [-0.2, 0) is 80.5 Å². The van der Waals surface area contributed by atoms with Gasteiger partial charge in [0.1, 0.15) is 40.7 Å². The number of halogens is 1. The molecule has 37 heteroatoms. The number of carbonyl (C=O) groups is 5. The molecule has 147 heavy (non-hydrogen) atoms. The van der Waals surface area contributed by atoms with Gasteiger partial charge >= 0.3 is 0 Å². The summed E-state index contributed by atoms with van der Waals surface area (Å²) in [7, 11) is -18.8. The summed E-state index contributed by atoms with van der Waals surface area (Å²) in [6.07, 6.45) is 23.2. The van der Waals surface area contributed by atoms with Gasteiger partial charge in [-0.2, -0.15) is 0 Å². The smallest absolute Gasteiger partial charge is 0.263 e. The van der Waals surface area contributed by atoms with Crippen LogP contribution in [0.5, 0.6) is 5.75 Å². The van der Waals surface area contributed by atoms with Crippen LogP contribution >= 0.6 is 0 Å². The van der Waals surface area contributed by atoms with E-state index in [9.17, 15) is 75.6 Å². The van der Waals surface area contributed by atoms with Crippen molar-refractivity contribution in [1.82, 2.24) is 24.9 Å². The van der Waals surface area contributed by atoms with Crippen molar-refractivity contribution in [2.75, 3.05) is 50.2 Å². The first-order chi connectivity index (χ1) is 67.7. The molecular formula is C110H116FN15O16S5. The lowest BCUT2D eigenvalue weighted by Gasteiger charge is -2.08. The summed E-state index contributed by atoms with van der Waals surface area (Å²) in [6.45, 7) is 6.05. The number of anilines is 10. The quantitative estimate of drug-likeness (QED) is 0.0180. The van der Waals surface area contributed by atoms with Crippen molar-refractivity contribution in [2.24, 2.45) is 0 Å². The molecule has 0 spiro atoms. The average Bonchev–Trinajstić information content (AvgIpc) is 0.838. The van der Waals surface area contributed by atoms with Crippen molar-refractivity contribution < 1.29 is 75.6 Å². The van der Waals surface area contributed by atoms with Gasteiger partial charge in [0, 0.05) is 101 Å². The van der Waals surface area contributed by atoms with Gasteiger partial charge in [-0.3, -0.25) is 47.6 Å². The number of phenolic OH excluding ortho intramolecular Hbond substituents is 1. The van der Waals surface area contributed by atoms with Crippen LogP contribution in [0.1, 0.15) is 96.0 Å². The highest BCUT2D eigenvalue weighted by atomic mass is 32.2. The van der Waals surface area contributed by atoms with E-state index in [0.29, 0.717) is 39.6 Å². The molecule has 0 saturated carbocycles. The molecule has 0 bridgehead atoms. The maximum Gasteiger partial charge on any atom is 0.263 e. The number of carbonyl (C=O) groups excluding carboxylic acids is 5. The number of hydrogen-bond donors (Lipinski definition) is 11. The van der Waals surface area contributed by atoms with Crippen molar-refractivity contribution in [1.29, 1.82) is 0 Å². The maximum atomic E-state index is 13.5. The molecule has 0 radical (unpaired) electrons. The largest absolute Gasteiger partial charge is 0.507 e. The van der Waals surface area contributed by atoms with Crippen LogP contribution in [0, 0.1) is 19.7 Å². The van der Waals surface area contributed by atoms with E-state index in [4.69, 9.17) is 0 Å². The van der Waals surface area contributed by atoms with E-state index in [1.165, 1.54) is 219 Å². The fraction of sp³-hybridized carbons (Fsp3) is 0.0909. The van der Waals surface area contributed by atoms with Gasteiger partial charge in [-0.05, 0) is 267 Å². The van der Waals surface area contributed by atoms with E-state index in [2.05, 4.69) is 82.0 Å². The zero-order valence-electron chi connectivity index (χ0n) is 75.3. The molecule has 0 saturated heterocycles. The summed E-state index contributed by atoms with van der Waals surface area (Å²) >= 11 is 0. The van der Waals surface area contributed by atoms with Gasteiger partial charge in [0.15, 0.2) is 0 Å². The Kier molecular flexibility index (Phi) is 48.0. The zero-order valence-corrected chi connectivity index (χ0v) is 79.4. The van der Waals surface area contributed by atoms with E-state index in [-0.39, 0.29) is 122 Å². The molecule has 5 amide bonds. The third-order valence-electron chi connectivity index (χ3n) is 19.1. The summed E-state index contributed by atoms with van der Waals surface area (Å²) in [5.41, 5.74) is 9.38. The number of sulfonamides is 5. The van der Waals surface area contributed by atoms with E-state index in [1.54, 1.807) is 140 Å². The first kappa shape index (κ1) is 120. The van der Waals surface area contributed by atoms with Gasteiger partial charge in [0.05, 0.1) is 24.5 Å². The zero-order chi connectivity index (χ0) is 101. The molecule has 15 aromatic rings. The highest BCUT2D eigenvalue weighted by Gasteiger charge is 2.21. The Morgan fingerprint density at radius 1 is 0.272 bits per heavy atom. The second kappa shape index (κ2) is 58.8. The van der Waals surface area contributed by atoms with Crippen LogP contribution in [-0.4, -0.2) is 102 Å². The number of phenols is 1. The second-order valence-corrected chi connectivity index (χ2v) is 38.3. The number of nitrogens with one attached hydrogen (secondary N) is 10. The number of benzene rings is 10. The Labute approximate surface area is 859 Å². The molecule has 0 atom stereocenters. The fourth-order valence-electron chi connectivity index (χ4n) is 12.1. The molecule has 31 nitrogen and oxygen atoms in total. The number of para-hydroxylation sites is 1. The van der Waals surface area contributed by atoms with Gasteiger partial charge in [-0.15, -0.1) is 0 Å². The lowest BCUT2D eigenvalue weighted by Crippen LogP contribution is -2.14. The number of pyridine rings is 5. The molecule has 0 aliphatic carbocycles. The van der Waals surface area contributed by atoms with Gasteiger partial charge in [-0.1, -0.05) is 202 Å². The van der Waals surface area contributed by atoms with Crippen molar-refractivity contribution in [3.8, 4) is 5.75 Å². The van der Waals surface area contributed by atoms with Crippen LogP contribution in [0.2, 0.25) is 0 Å². The number of aromatic nitrogens is 5. The molecule has 0 aliphatic heterocycles. The molecule has 15 rings (SSSR count). The van der Waals surface area contributed by atoms with Gasteiger partial charge < -0.3 is 31.7 Å². The second-order valence-electron chi connectivity index (χ2n) is 29.8. The molecular weight excluding hydrogens is 1970 g/mol. The average molecular weight is 2080 g/mol. The van der Waals surface area contributed by atoms with Crippen molar-refractivity contribution in [3.05, 3.63) is 445 Å². The highest BCUT2D eigenvalue weighted by Crippen LogP contribution is 2.26. The minimum atomic E-state index is -3.79. The molecule has 10 aromatic carbocycles. The van der Waals surface area contributed by atoms with Crippen LogP contribution in [0.4, 0.5) is 61.9 Å². The van der Waals surface area contributed by atoms with Crippen LogP contribution in [0.15, 0.2) is 419 Å². The predicted molar refractivity (Wildman–Crippen MR) is 589 cm³/mol. The normalized spacial score (nSPS) is 10.9. The molecule has 5 aromatic heterocycles. The number of amides is 5. The highest BCUT2D eigenvalue weighted by molar-refractivity contribution is 7.94. The Morgan fingerprint density at radius 2 is 0.531 bits per heavy atom. The Morgan fingerprint density at radius 3 is 0.810 bits per heavy atom. The fourth-order valence-corrected chi connectivity index (χ4v) is 17.1. The Balaban J connectivity index is 0.000000320.